The summed E-state index contributed by atoms with van der Waals surface area (Å²) < 4.78 is 6.02. The second kappa shape index (κ2) is 6.29. The first-order chi connectivity index (χ1) is 11.6. The lowest BCUT2D eigenvalue weighted by atomic mass is 10.1. The molecule has 3 heteroatoms. The van der Waals surface area contributed by atoms with Crippen LogP contribution in [-0.4, -0.2) is 23.3 Å². The Kier molecular flexibility index (Phi) is 4.58. The summed E-state index contributed by atoms with van der Waals surface area (Å²) in [6.45, 7) is 14.4. The van der Waals surface area contributed by atoms with Crippen LogP contribution in [0.5, 0.6) is 5.75 Å². The molecule has 0 fully saturated rings. The van der Waals surface area contributed by atoms with Crippen molar-refractivity contribution in [3.8, 4) is 5.75 Å². The van der Waals surface area contributed by atoms with Gasteiger partial charge in [0, 0.05) is 0 Å². The quantitative estimate of drug-likeness (QED) is 0.716. The highest BCUT2D eigenvalue weighted by Crippen LogP contribution is 2.32. The van der Waals surface area contributed by atoms with Crippen molar-refractivity contribution in [3.63, 3.8) is 0 Å². The second-order valence-electron chi connectivity index (χ2n) is 8.81. The van der Waals surface area contributed by atoms with Gasteiger partial charge < -0.3 is 4.74 Å². The van der Waals surface area contributed by atoms with E-state index in [1.165, 1.54) is 32.8 Å². The summed E-state index contributed by atoms with van der Waals surface area (Å²) in [4.78, 5) is 0. The van der Waals surface area contributed by atoms with Crippen LogP contribution >= 0.6 is 0 Å². The Balaban J connectivity index is 2.14. The molecule has 1 aliphatic rings. The number of methoxy groups -OCH3 is 1. The van der Waals surface area contributed by atoms with E-state index in [-0.39, 0.29) is 0 Å². The molecule has 2 aromatic rings. The second-order valence-corrected chi connectivity index (χ2v) is 18.3. The molecule has 0 saturated carbocycles. The molecule has 0 unspecified atom stereocenters. The fourth-order valence-electron chi connectivity index (χ4n) is 3.87. The maximum absolute atomic E-state index is 6.02. The third-order valence-electron chi connectivity index (χ3n) is 5.49. The van der Waals surface area contributed by atoms with Crippen LogP contribution in [0.15, 0.2) is 41.6 Å². The summed E-state index contributed by atoms with van der Waals surface area (Å²) in [5.74, 6) is 1.17. The van der Waals surface area contributed by atoms with Gasteiger partial charge in [-0.15, -0.1) is 0 Å². The lowest BCUT2D eigenvalue weighted by Gasteiger charge is -2.31. The molecule has 0 spiro atoms. The SMILES string of the molecule is COc1c([Si](C)(C)C)cc(C)cc1[Si](C)(C)C1=Cc2ccccc2C1. The summed E-state index contributed by atoms with van der Waals surface area (Å²) in [6, 6.07) is 13.6. The zero-order valence-corrected chi connectivity index (χ0v) is 18.7. The molecule has 1 aliphatic carbocycles. The summed E-state index contributed by atoms with van der Waals surface area (Å²) in [5.41, 5.74) is 4.23. The van der Waals surface area contributed by atoms with Gasteiger partial charge in [-0.25, -0.2) is 0 Å². The fourth-order valence-corrected chi connectivity index (χ4v) is 8.46. The molecule has 25 heavy (non-hydrogen) atoms. The predicted octanol–water partition coefficient (Wildman–Crippen LogP) is 4.64. The molecule has 0 aromatic heterocycles. The summed E-state index contributed by atoms with van der Waals surface area (Å²) in [6.07, 6.45) is 3.53. The van der Waals surface area contributed by atoms with Crippen molar-refractivity contribution in [2.45, 2.75) is 46.1 Å². The largest absolute Gasteiger partial charge is 0.497 e. The molecule has 0 N–H and O–H groups in total. The van der Waals surface area contributed by atoms with Gasteiger partial charge in [0.2, 0.25) is 0 Å². The first-order valence-electron chi connectivity index (χ1n) is 9.13. The summed E-state index contributed by atoms with van der Waals surface area (Å²) >= 11 is 0. The summed E-state index contributed by atoms with van der Waals surface area (Å²) in [7, 11) is -1.41. The van der Waals surface area contributed by atoms with Gasteiger partial charge >= 0.3 is 0 Å². The van der Waals surface area contributed by atoms with E-state index in [1.807, 2.05) is 7.11 Å². The average Bonchev–Trinajstić information content (AvgIpc) is 2.98. The number of ether oxygens (including phenoxy) is 1. The van der Waals surface area contributed by atoms with Crippen LogP contribution in [0.1, 0.15) is 16.7 Å². The minimum atomic E-state index is -1.79. The molecule has 0 radical (unpaired) electrons. The minimum Gasteiger partial charge on any atom is -0.497 e. The van der Waals surface area contributed by atoms with E-state index in [9.17, 15) is 0 Å². The van der Waals surface area contributed by atoms with Crippen molar-refractivity contribution in [2.24, 2.45) is 0 Å². The van der Waals surface area contributed by atoms with Gasteiger partial charge in [-0.05, 0) is 34.8 Å². The van der Waals surface area contributed by atoms with Gasteiger partial charge in [0.25, 0.3) is 0 Å². The Labute approximate surface area is 154 Å². The van der Waals surface area contributed by atoms with Crippen molar-refractivity contribution in [2.75, 3.05) is 7.11 Å². The highest BCUT2D eigenvalue weighted by atomic mass is 28.3. The lowest BCUT2D eigenvalue weighted by molar-refractivity contribution is 0.421. The molecule has 2 aromatic carbocycles. The Morgan fingerprint density at radius 1 is 0.920 bits per heavy atom. The Hall–Kier alpha value is -1.59. The normalized spacial score (nSPS) is 14.3. The predicted molar refractivity (Wildman–Crippen MR) is 116 cm³/mol. The van der Waals surface area contributed by atoms with E-state index in [4.69, 9.17) is 4.74 Å². The monoisotopic (exact) mass is 366 g/mol. The highest BCUT2D eigenvalue weighted by molar-refractivity contribution is 6.98. The zero-order valence-electron chi connectivity index (χ0n) is 16.7. The molecular weight excluding hydrogens is 336 g/mol. The van der Waals surface area contributed by atoms with Crippen LogP contribution < -0.4 is 15.1 Å². The van der Waals surface area contributed by atoms with Gasteiger partial charge in [0.05, 0.1) is 15.2 Å². The Bertz CT molecular complexity index is 842. The zero-order chi connectivity index (χ0) is 18.4. The highest BCUT2D eigenvalue weighted by Gasteiger charge is 2.36. The molecule has 0 amide bonds. The van der Waals surface area contributed by atoms with Crippen molar-refractivity contribution in [3.05, 3.63) is 58.3 Å². The van der Waals surface area contributed by atoms with Crippen molar-refractivity contribution < 1.29 is 4.74 Å². The van der Waals surface area contributed by atoms with E-state index < -0.39 is 16.1 Å². The first kappa shape index (κ1) is 18.2. The molecular formula is C22H30OSi2. The van der Waals surface area contributed by atoms with Crippen LogP contribution in [-0.2, 0) is 6.42 Å². The molecule has 3 rings (SSSR count). The lowest BCUT2D eigenvalue weighted by Crippen LogP contribution is -2.49. The molecule has 132 valence electrons. The number of benzene rings is 2. The van der Waals surface area contributed by atoms with E-state index in [1.54, 1.807) is 5.20 Å². The van der Waals surface area contributed by atoms with Crippen LogP contribution in [0.2, 0.25) is 32.7 Å². The van der Waals surface area contributed by atoms with Crippen LogP contribution in [0.3, 0.4) is 0 Å². The number of hydrogen-bond donors (Lipinski definition) is 0. The van der Waals surface area contributed by atoms with E-state index in [0.717, 1.165) is 6.42 Å². The summed E-state index contributed by atoms with van der Waals surface area (Å²) in [5, 5.41) is 4.53. The van der Waals surface area contributed by atoms with Gasteiger partial charge in [-0.1, -0.05) is 86.0 Å². The molecule has 0 saturated heterocycles. The maximum Gasteiger partial charge on any atom is 0.117 e. The fraction of sp³-hybridized carbons (Fsp3) is 0.364. The number of hydrogen-bond acceptors (Lipinski definition) is 1. The van der Waals surface area contributed by atoms with E-state index in [0.29, 0.717) is 0 Å². The van der Waals surface area contributed by atoms with Crippen molar-refractivity contribution in [1.82, 2.24) is 0 Å². The molecule has 1 nitrogen and oxygen atoms in total. The standard InChI is InChI=1S/C22H30OSi2/c1-16-12-20(24(3,4)5)22(23-2)21(13-16)25(6,7)19-14-17-10-8-9-11-18(17)15-19/h8-14H,15H2,1-7H3. The first-order valence-corrected chi connectivity index (χ1v) is 15.6. The third kappa shape index (κ3) is 3.27. The van der Waals surface area contributed by atoms with Gasteiger partial charge in [0.15, 0.2) is 0 Å². The molecule has 0 heterocycles. The van der Waals surface area contributed by atoms with Crippen molar-refractivity contribution in [1.29, 1.82) is 0 Å². The smallest absolute Gasteiger partial charge is 0.117 e. The topological polar surface area (TPSA) is 9.23 Å². The van der Waals surface area contributed by atoms with E-state index in [2.05, 4.69) is 82.1 Å². The van der Waals surface area contributed by atoms with Gasteiger partial charge in [-0.3, -0.25) is 0 Å². The molecule has 0 atom stereocenters. The third-order valence-corrected chi connectivity index (χ3v) is 11.1. The van der Waals surface area contributed by atoms with E-state index >= 15 is 0 Å². The van der Waals surface area contributed by atoms with Crippen LogP contribution in [0.4, 0.5) is 0 Å². The number of allylic oxidation sites excluding steroid dienone is 1. The van der Waals surface area contributed by atoms with Gasteiger partial charge in [-0.2, -0.15) is 0 Å². The molecule has 0 aliphatic heterocycles. The number of rotatable bonds is 4. The number of aryl methyl sites for hydroxylation is 1. The van der Waals surface area contributed by atoms with Gasteiger partial charge in [0.1, 0.15) is 13.8 Å². The molecule has 0 bridgehead atoms. The minimum absolute atomic E-state index is 1.09. The van der Waals surface area contributed by atoms with Crippen molar-refractivity contribution >= 4 is 32.6 Å². The average molecular weight is 367 g/mol. The Morgan fingerprint density at radius 3 is 2.16 bits per heavy atom. The Morgan fingerprint density at radius 2 is 1.56 bits per heavy atom. The maximum atomic E-state index is 6.02. The number of fused-ring (bicyclic) bond motifs is 1. The van der Waals surface area contributed by atoms with Crippen LogP contribution in [0, 0.1) is 6.92 Å². The van der Waals surface area contributed by atoms with Crippen LogP contribution in [0.25, 0.3) is 6.08 Å².